The molecule has 11 nitrogen and oxygen atoms in total. The van der Waals surface area contributed by atoms with Crippen LogP contribution >= 0.6 is 0 Å². The molecule has 6 rings (SSSR count). The molecule has 1 aliphatic heterocycles. The van der Waals surface area contributed by atoms with Crippen molar-refractivity contribution in [3.8, 4) is 17.8 Å². The second kappa shape index (κ2) is 9.53. The number of fused-ring (bicyclic) bond motifs is 3. The molecule has 0 amide bonds. The summed E-state index contributed by atoms with van der Waals surface area (Å²) in [5.74, 6) is -1.75. The Hall–Kier alpha value is -4.64. The number of benzene rings is 2. The van der Waals surface area contributed by atoms with Crippen molar-refractivity contribution in [2.75, 3.05) is 18.6 Å². The summed E-state index contributed by atoms with van der Waals surface area (Å²) in [5, 5.41) is 9.34. The van der Waals surface area contributed by atoms with E-state index in [1.54, 1.807) is 22.8 Å². The minimum absolute atomic E-state index is 0.0340. The van der Waals surface area contributed by atoms with Gasteiger partial charge in [-0.1, -0.05) is 0 Å². The quantitative estimate of drug-likeness (QED) is 0.306. The van der Waals surface area contributed by atoms with Gasteiger partial charge in [-0.2, -0.15) is 10.2 Å². The molecule has 5 aromatic rings. The highest BCUT2D eigenvalue weighted by Crippen LogP contribution is 2.39. The number of halogens is 2. The van der Waals surface area contributed by atoms with Gasteiger partial charge in [0.15, 0.2) is 17.2 Å². The SMILES string of the molecule is CS(=O)(=O)CCCn1c(=O)n([C@@H]2CCOc3c(F)ccc(F)c32)c2nc(-n3cnc4ccc(C#N)cc43)ncc21. The zero-order chi connectivity index (χ0) is 28.2. The lowest BCUT2D eigenvalue weighted by molar-refractivity contribution is 0.238. The van der Waals surface area contributed by atoms with Crippen LogP contribution < -0.4 is 10.4 Å². The third-order valence-electron chi connectivity index (χ3n) is 6.86. The van der Waals surface area contributed by atoms with E-state index in [1.807, 2.05) is 0 Å². The van der Waals surface area contributed by atoms with Crippen molar-refractivity contribution in [3.05, 3.63) is 76.1 Å². The predicted molar refractivity (Wildman–Crippen MR) is 140 cm³/mol. The molecule has 0 unspecified atom stereocenters. The average Bonchev–Trinajstić information content (AvgIpc) is 3.47. The first-order valence-electron chi connectivity index (χ1n) is 12.3. The highest BCUT2D eigenvalue weighted by Gasteiger charge is 2.33. The second-order valence-corrected chi connectivity index (χ2v) is 11.8. The summed E-state index contributed by atoms with van der Waals surface area (Å²) < 4.78 is 62.8. The van der Waals surface area contributed by atoms with Gasteiger partial charge in [0.25, 0.3) is 0 Å². The summed E-state index contributed by atoms with van der Waals surface area (Å²) in [4.78, 5) is 27.3. The third kappa shape index (κ3) is 4.28. The van der Waals surface area contributed by atoms with Gasteiger partial charge in [-0.15, -0.1) is 0 Å². The van der Waals surface area contributed by atoms with Crippen molar-refractivity contribution < 1.29 is 21.9 Å². The summed E-state index contributed by atoms with van der Waals surface area (Å²) in [6.45, 7) is 0.0750. The standard InChI is InChI=1S/C26H21F2N7O4S/c1-40(37,38)10-2-8-33-21-13-30-25(34-14-31-18-6-3-15(12-29)11-20(18)34)32-24(21)35(26(33)36)19-7-9-39-23-17(28)5-4-16(27)22(19)23/h3-6,11,13-14,19H,2,7-10H2,1H3/t19-/m1/s1. The van der Waals surface area contributed by atoms with Gasteiger partial charge < -0.3 is 4.74 Å². The number of nitrogens with zero attached hydrogens (tertiary/aromatic N) is 7. The molecule has 14 heteroatoms. The molecule has 0 saturated heterocycles. The molecule has 0 N–H and O–H groups in total. The first-order chi connectivity index (χ1) is 19.2. The highest BCUT2D eigenvalue weighted by atomic mass is 32.2. The first kappa shape index (κ1) is 25.6. The lowest BCUT2D eigenvalue weighted by atomic mass is 9.99. The average molecular weight is 566 g/mol. The molecular weight excluding hydrogens is 544 g/mol. The molecule has 4 heterocycles. The van der Waals surface area contributed by atoms with E-state index in [0.29, 0.717) is 22.1 Å². The molecule has 204 valence electrons. The number of hydrogen-bond acceptors (Lipinski definition) is 8. The van der Waals surface area contributed by atoms with Crippen molar-refractivity contribution in [3.63, 3.8) is 0 Å². The third-order valence-corrected chi connectivity index (χ3v) is 7.89. The molecule has 3 aromatic heterocycles. The maximum atomic E-state index is 15.1. The number of sulfone groups is 1. The number of ether oxygens (including phenoxy) is 1. The Morgan fingerprint density at radius 3 is 2.73 bits per heavy atom. The first-order valence-corrected chi connectivity index (χ1v) is 14.4. The van der Waals surface area contributed by atoms with Crippen molar-refractivity contribution in [1.82, 2.24) is 28.7 Å². The molecule has 0 bridgehead atoms. The lowest BCUT2D eigenvalue weighted by Gasteiger charge is -2.27. The molecule has 0 fully saturated rings. The van der Waals surface area contributed by atoms with Crippen LogP contribution in [0.1, 0.15) is 30.0 Å². The number of nitriles is 1. The minimum Gasteiger partial charge on any atom is -0.490 e. The molecule has 40 heavy (non-hydrogen) atoms. The van der Waals surface area contributed by atoms with Crippen molar-refractivity contribution >= 4 is 32.0 Å². The number of aryl methyl sites for hydroxylation is 1. The Bertz CT molecular complexity index is 2020. The van der Waals surface area contributed by atoms with E-state index in [9.17, 15) is 22.9 Å². The van der Waals surface area contributed by atoms with E-state index in [4.69, 9.17) is 4.74 Å². The van der Waals surface area contributed by atoms with Crippen molar-refractivity contribution in [1.29, 1.82) is 5.26 Å². The van der Waals surface area contributed by atoms with Crippen LogP contribution in [0.15, 0.2) is 47.7 Å². The van der Waals surface area contributed by atoms with Gasteiger partial charge in [-0.3, -0.25) is 13.7 Å². The van der Waals surface area contributed by atoms with Crippen molar-refractivity contribution in [2.45, 2.75) is 25.4 Å². The second-order valence-electron chi connectivity index (χ2n) is 9.52. The van der Waals surface area contributed by atoms with Crippen LogP contribution in [-0.4, -0.2) is 55.7 Å². The summed E-state index contributed by atoms with van der Waals surface area (Å²) >= 11 is 0. The normalized spacial score (nSPS) is 15.2. The number of imidazole rings is 2. The van der Waals surface area contributed by atoms with Crippen LogP contribution in [0.5, 0.6) is 5.75 Å². The zero-order valence-electron chi connectivity index (χ0n) is 21.1. The van der Waals surface area contributed by atoms with Crippen LogP contribution in [0.2, 0.25) is 0 Å². The molecule has 2 aromatic carbocycles. The number of aromatic nitrogens is 6. The Labute approximate surface area is 225 Å². The van der Waals surface area contributed by atoms with Crippen LogP contribution in [0.25, 0.3) is 28.1 Å². The minimum atomic E-state index is -3.28. The zero-order valence-corrected chi connectivity index (χ0v) is 21.9. The van der Waals surface area contributed by atoms with Crippen LogP contribution in [-0.2, 0) is 16.4 Å². The fraction of sp³-hybridized carbons (Fsp3) is 0.269. The largest absolute Gasteiger partial charge is 0.490 e. The Balaban J connectivity index is 1.57. The molecule has 1 aliphatic rings. The van der Waals surface area contributed by atoms with E-state index in [1.165, 1.54) is 21.7 Å². The Morgan fingerprint density at radius 1 is 1.15 bits per heavy atom. The van der Waals surface area contributed by atoms with E-state index in [2.05, 4.69) is 21.0 Å². The molecular formula is C26H21F2N7O4S. The maximum absolute atomic E-state index is 15.1. The fourth-order valence-electron chi connectivity index (χ4n) is 5.06. The Kier molecular flexibility index (Phi) is 6.10. The summed E-state index contributed by atoms with van der Waals surface area (Å²) in [5.41, 5.74) is 1.33. The maximum Gasteiger partial charge on any atom is 0.330 e. The van der Waals surface area contributed by atoms with Gasteiger partial charge >= 0.3 is 5.69 Å². The van der Waals surface area contributed by atoms with Gasteiger partial charge in [-0.05, 0) is 36.8 Å². The molecule has 0 radical (unpaired) electrons. The Morgan fingerprint density at radius 2 is 1.95 bits per heavy atom. The molecule has 0 spiro atoms. The smallest absolute Gasteiger partial charge is 0.330 e. The van der Waals surface area contributed by atoms with Gasteiger partial charge in [0.1, 0.15) is 27.5 Å². The van der Waals surface area contributed by atoms with Gasteiger partial charge in [0.05, 0.1) is 52.8 Å². The van der Waals surface area contributed by atoms with Crippen LogP contribution in [0.4, 0.5) is 8.78 Å². The van der Waals surface area contributed by atoms with Crippen LogP contribution in [0, 0.1) is 23.0 Å². The van der Waals surface area contributed by atoms with Gasteiger partial charge in [-0.25, -0.2) is 32.0 Å². The van der Waals surface area contributed by atoms with E-state index < -0.39 is 33.2 Å². The van der Waals surface area contributed by atoms with E-state index in [-0.39, 0.29) is 54.7 Å². The predicted octanol–water partition coefficient (Wildman–Crippen LogP) is 2.89. The highest BCUT2D eigenvalue weighted by molar-refractivity contribution is 7.90. The van der Waals surface area contributed by atoms with Crippen molar-refractivity contribution in [2.24, 2.45) is 0 Å². The monoisotopic (exact) mass is 565 g/mol. The molecule has 1 atom stereocenters. The topological polar surface area (TPSA) is 138 Å². The number of rotatable bonds is 6. The molecule has 0 aliphatic carbocycles. The summed E-state index contributed by atoms with van der Waals surface area (Å²) in [6, 6.07) is 8.03. The number of hydrogen-bond donors (Lipinski definition) is 0. The summed E-state index contributed by atoms with van der Waals surface area (Å²) in [7, 11) is -3.28. The van der Waals surface area contributed by atoms with E-state index in [0.717, 1.165) is 18.4 Å². The summed E-state index contributed by atoms with van der Waals surface area (Å²) in [6.07, 6.45) is 4.33. The lowest BCUT2D eigenvalue weighted by Crippen LogP contribution is -2.32. The van der Waals surface area contributed by atoms with Crippen LogP contribution in [0.3, 0.4) is 0 Å². The molecule has 0 saturated carbocycles. The van der Waals surface area contributed by atoms with Gasteiger partial charge in [0.2, 0.25) is 5.95 Å². The fourth-order valence-corrected chi connectivity index (χ4v) is 5.72. The van der Waals surface area contributed by atoms with E-state index >= 15 is 4.39 Å². The van der Waals surface area contributed by atoms with Gasteiger partial charge in [0, 0.05) is 19.2 Å².